The van der Waals surface area contributed by atoms with Crippen molar-refractivity contribution in [3.63, 3.8) is 0 Å². The minimum Gasteiger partial charge on any atom is -0.493 e. The third-order valence-electron chi connectivity index (χ3n) is 5.07. The van der Waals surface area contributed by atoms with Crippen molar-refractivity contribution < 1.29 is 41.4 Å². The lowest BCUT2D eigenvalue weighted by Crippen LogP contribution is -2.11. The number of hydrogen-bond acceptors (Lipinski definition) is 7. The van der Waals surface area contributed by atoms with Crippen LogP contribution in [0.3, 0.4) is 0 Å². The van der Waals surface area contributed by atoms with Gasteiger partial charge in [0.2, 0.25) is 0 Å². The summed E-state index contributed by atoms with van der Waals surface area (Å²) >= 11 is 0. The number of carbonyl (C=O) groups is 2. The maximum atomic E-state index is 14.3. The van der Waals surface area contributed by atoms with Gasteiger partial charge in [0, 0.05) is 35.5 Å². The van der Waals surface area contributed by atoms with E-state index in [9.17, 15) is 27.2 Å². The molecule has 11 heteroatoms. The molecule has 0 heterocycles. The summed E-state index contributed by atoms with van der Waals surface area (Å²) in [4.78, 5) is 24.3. The van der Waals surface area contributed by atoms with Crippen LogP contribution in [0.2, 0.25) is 0 Å². The number of benzene rings is 3. The van der Waals surface area contributed by atoms with Crippen molar-refractivity contribution in [1.29, 1.82) is 0 Å². The van der Waals surface area contributed by atoms with Crippen LogP contribution in [-0.2, 0) is 16.1 Å². The highest BCUT2D eigenvalue weighted by atomic mass is 19.4. The average molecular weight is 532 g/mol. The van der Waals surface area contributed by atoms with Crippen LogP contribution in [-0.4, -0.2) is 24.7 Å². The normalized spacial score (nSPS) is 11.4. The quantitative estimate of drug-likeness (QED) is 0.0862. The highest BCUT2D eigenvalue weighted by molar-refractivity contribution is 5.91. The molecular weight excluding hydrogens is 508 g/mol. The number of nitrogens with two attached hydrogens (primary N) is 2. The molecule has 0 aromatic heterocycles. The molecule has 0 bridgehead atoms. The number of rotatable bonds is 10. The van der Waals surface area contributed by atoms with E-state index in [4.69, 9.17) is 25.7 Å². The van der Waals surface area contributed by atoms with Crippen LogP contribution in [0.4, 0.5) is 28.9 Å². The average Bonchev–Trinajstić information content (AvgIpc) is 2.86. The Kier molecular flexibility index (Phi) is 9.31. The Morgan fingerprint density at radius 1 is 0.921 bits per heavy atom. The number of esters is 2. The van der Waals surface area contributed by atoms with Crippen molar-refractivity contribution in [2.24, 2.45) is 0 Å². The van der Waals surface area contributed by atoms with Crippen molar-refractivity contribution in [2.45, 2.75) is 25.6 Å². The van der Waals surface area contributed by atoms with E-state index in [1.54, 1.807) is 30.3 Å². The van der Waals surface area contributed by atoms with E-state index >= 15 is 0 Å². The lowest BCUT2D eigenvalue weighted by molar-refractivity contribution is -0.139. The predicted octanol–water partition coefficient (Wildman–Crippen LogP) is 5.69. The van der Waals surface area contributed by atoms with E-state index in [-0.39, 0.29) is 36.7 Å². The van der Waals surface area contributed by atoms with E-state index in [2.05, 4.69) is 0 Å². The van der Waals surface area contributed by atoms with Crippen LogP contribution >= 0.6 is 0 Å². The lowest BCUT2D eigenvalue weighted by atomic mass is 10.1. The van der Waals surface area contributed by atoms with Crippen LogP contribution < -0.4 is 20.9 Å². The Bertz CT molecular complexity index is 1310. The summed E-state index contributed by atoms with van der Waals surface area (Å²) in [5, 5.41) is 0. The summed E-state index contributed by atoms with van der Waals surface area (Å²) in [5.74, 6) is -2.41. The predicted molar refractivity (Wildman–Crippen MR) is 133 cm³/mol. The summed E-state index contributed by atoms with van der Waals surface area (Å²) in [5.41, 5.74) is 13.3. The number of carbonyl (C=O) groups excluding carboxylic acids is 2. The van der Waals surface area contributed by atoms with Crippen LogP contribution in [0.5, 0.6) is 11.5 Å². The third kappa shape index (κ3) is 8.84. The summed E-state index contributed by atoms with van der Waals surface area (Å²) in [7, 11) is 0. The molecule has 0 fully saturated rings. The second kappa shape index (κ2) is 12.6. The zero-order valence-corrected chi connectivity index (χ0v) is 20.0. The zero-order valence-electron chi connectivity index (χ0n) is 20.0. The molecule has 38 heavy (non-hydrogen) atoms. The Balaban J connectivity index is 1.50. The molecule has 0 atom stereocenters. The van der Waals surface area contributed by atoms with Gasteiger partial charge in [0.1, 0.15) is 23.9 Å². The number of hydrogen-bond donors (Lipinski definition) is 2. The van der Waals surface area contributed by atoms with Gasteiger partial charge in [-0.1, -0.05) is 12.1 Å². The Morgan fingerprint density at radius 3 is 2.32 bits per heavy atom. The molecule has 0 unspecified atom stereocenters. The second-order valence-electron chi connectivity index (χ2n) is 8.07. The highest BCUT2D eigenvalue weighted by Gasteiger charge is 2.26. The molecule has 0 radical (unpaired) electrons. The molecule has 0 aliphatic heterocycles. The SMILES string of the molecule is Nc1ccc(N)c(COC(=O)/C=C/c2ccc(OC(=O)c3ccc(OCCCC(F)(F)F)cc3F)cc2)c1. The van der Waals surface area contributed by atoms with Gasteiger partial charge in [-0.15, -0.1) is 0 Å². The van der Waals surface area contributed by atoms with Gasteiger partial charge in [-0.3, -0.25) is 0 Å². The topological polar surface area (TPSA) is 114 Å². The van der Waals surface area contributed by atoms with Gasteiger partial charge in [-0.25, -0.2) is 14.0 Å². The first-order valence-electron chi connectivity index (χ1n) is 11.3. The van der Waals surface area contributed by atoms with E-state index in [0.29, 0.717) is 22.5 Å². The Morgan fingerprint density at radius 2 is 1.63 bits per heavy atom. The van der Waals surface area contributed by atoms with Crippen LogP contribution in [0.1, 0.15) is 34.3 Å². The fraction of sp³-hybridized carbons (Fsp3) is 0.185. The van der Waals surface area contributed by atoms with Crippen molar-refractivity contribution in [3.8, 4) is 11.5 Å². The number of nitrogen functional groups attached to an aromatic ring is 2. The summed E-state index contributed by atoms with van der Waals surface area (Å²) in [6, 6.07) is 14.2. The maximum Gasteiger partial charge on any atom is 0.389 e. The number of ether oxygens (including phenoxy) is 3. The van der Waals surface area contributed by atoms with Crippen molar-refractivity contribution in [1.82, 2.24) is 0 Å². The van der Waals surface area contributed by atoms with Crippen LogP contribution in [0.15, 0.2) is 66.7 Å². The first kappa shape index (κ1) is 28.0. The molecule has 0 aliphatic rings. The zero-order chi connectivity index (χ0) is 27.7. The second-order valence-corrected chi connectivity index (χ2v) is 8.07. The standard InChI is InChI=1S/C27H24F4N2O5/c28-23-15-21(36-13-1-12-27(29,30)31)8-9-22(23)26(35)38-20-6-2-17(3-7-20)4-11-25(34)37-16-18-14-19(32)5-10-24(18)33/h2-11,14-15H,1,12-13,16,32-33H2/b11-4+. The van der Waals surface area contributed by atoms with Gasteiger partial charge in [0.05, 0.1) is 12.2 Å². The molecule has 0 saturated heterocycles. The minimum absolute atomic E-state index is 0.00717. The van der Waals surface area contributed by atoms with Crippen molar-refractivity contribution in [2.75, 3.05) is 18.1 Å². The monoisotopic (exact) mass is 532 g/mol. The number of anilines is 2. The lowest BCUT2D eigenvalue weighted by Gasteiger charge is -2.10. The van der Waals surface area contributed by atoms with Gasteiger partial charge >= 0.3 is 18.1 Å². The Hall–Kier alpha value is -4.54. The molecule has 3 aromatic carbocycles. The van der Waals surface area contributed by atoms with Gasteiger partial charge in [-0.2, -0.15) is 13.2 Å². The third-order valence-corrected chi connectivity index (χ3v) is 5.07. The fourth-order valence-electron chi connectivity index (χ4n) is 3.13. The fourth-order valence-corrected chi connectivity index (χ4v) is 3.13. The van der Waals surface area contributed by atoms with E-state index < -0.39 is 30.4 Å². The number of halogens is 4. The highest BCUT2D eigenvalue weighted by Crippen LogP contribution is 2.23. The molecule has 200 valence electrons. The molecule has 0 amide bonds. The molecule has 3 aromatic rings. The van der Waals surface area contributed by atoms with Gasteiger partial charge in [-0.05, 0) is 60.5 Å². The first-order valence-corrected chi connectivity index (χ1v) is 11.3. The van der Waals surface area contributed by atoms with Gasteiger partial charge in [0.15, 0.2) is 0 Å². The maximum absolute atomic E-state index is 14.3. The molecule has 4 N–H and O–H groups in total. The first-order chi connectivity index (χ1) is 18.0. The summed E-state index contributed by atoms with van der Waals surface area (Å²) in [6.07, 6.45) is -2.89. The molecule has 0 saturated carbocycles. The van der Waals surface area contributed by atoms with E-state index in [0.717, 1.165) is 12.1 Å². The van der Waals surface area contributed by atoms with E-state index in [1.807, 2.05) is 0 Å². The Labute approximate surface area is 215 Å². The van der Waals surface area contributed by atoms with Crippen molar-refractivity contribution in [3.05, 3.63) is 89.2 Å². The summed E-state index contributed by atoms with van der Waals surface area (Å²) < 4.78 is 66.2. The van der Waals surface area contributed by atoms with Crippen molar-refractivity contribution >= 4 is 29.4 Å². The van der Waals surface area contributed by atoms with E-state index in [1.165, 1.54) is 30.4 Å². The molecule has 7 nitrogen and oxygen atoms in total. The molecule has 0 aliphatic carbocycles. The van der Waals surface area contributed by atoms with Gasteiger partial charge < -0.3 is 25.7 Å². The largest absolute Gasteiger partial charge is 0.493 e. The van der Waals surface area contributed by atoms with Crippen LogP contribution in [0.25, 0.3) is 6.08 Å². The smallest absolute Gasteiger partial charge is 0.389 e. The molecule has 3 rings (SSSR count). The van der Waals surface area contributed by atoms with Crippen LogP contribution in [0, 0.1) is 5.82 Å². The number of alkyl halides is 3. The molecule has 0 spiro atoms. The molecular formula is C27H24F4N2O5. The summed E-state index contributed by atoms with van der Waals surface area (Å²) in [6.45, 7) is -0.297. The van der Waals surface area contributed by atoms with Gasteiger partial charge in [0.25, 0.3) is 0 Å². The minimum atomic E-state index is -4.30.